The van der Waals surface area contributed by atoms with Gasteiger partial charge in [0.05, 0.1) is 23.5 Å². The lowest BCUT2D eigenvalue weighted by atomic mass is 10.0. The first-order valence-electron chi connectivity index (χ1n) is 13.6. The number of hydrogen-bond acceptors (Lipinski definition) is 6. The number of anilines is 1. The van der Waals surface area contributed by atoms with Gasteiger partial charge in [-0.25, -0.2) is 4.98 Å². The van der Waals surface area contributed by atoms with E-state index < -0.39 is 0 Å². The van der Waals surface area contributed by atoms with Gasteiger partial charge in [-0.3, -0.25) is 14.3 Å². The van der Waals surface area contributed by atoms with Crippen molar-refractivity contribution in [2.24, 2.45) is 0 Å². The number of H-pyrrole nitrogens is 1. The summed E-state index contributed by atoms with van der Waals surface area (Å²) >= 11 is 0. The van der Waals surface area contributed by atoms with Crippen LogP contribution in [0.3, 0.4) is 0 Å². The summed E-state index contributed by atoms with van der Waals surface area (Å²) in [6, 6.07) is 12.0. The number of aromatic nitrogens is 4. The number of nitrogens with zero attached hydrogens (tertiary/aromatic N) is 5. The number of ether oxygens (including phenoxy) is 1. The van der Waals surface area contributed by atoms with Crippen LogP contribution in [0.15, 0.2) is 53.6 Å². The van der Waals surface area contributed by atoms with Crippen LogP contribution in [0.2, 0.25) is 0 Å². The fraction of sp³-hybridized carbons (Fsp3) is 0.433. The molecule has 0 atom stereocenters. The van der Waals surface area contributed by atoms with E-state index >= 15 is 0 Å². The maximum atomic E-state index is 13.2. The van der Waals surface area contributed by atoms with E-state index in [-0.39, 0.29) is 17.1 Å². The number of pyridine rings is 1. The summed E-state index contributed by atoms with van der Waals surface area (Å²) in [7, 11) is 0. The average Bonchev–Trinajstić information content (AvgIpc) is 3.44. The number of likely N-dealkylation sites (N-methyl/N-ethyl adjacent to an activating group) is 1. The second-order valence-corrected chi connectivity index (χ2v) is 10.9. The maximum absolute atomic E-state index is 13.2. The van der Waals surface area contributed by atoms with Crippen molar-refractivity contribution in [3.8, 4) is 28.3 Å². The van der Waals surface area contributed by atoms with Gasteiger partial charge in [-0.05, 0) is 59.0 Å². The van der Waals surface area contributed by atoms with Gasteiger partial charge in [-0.2, -0.15) is 0 Å². The number of hydrogen-bond donors (Lipinski definition) is 1. The van der Waals surface area contributed by atoms with E-state index in [1.54, 1.807) is 16.8 Å². The summed E-state index contributed by atoms with van der Waals surface area (Å²) in [5, 5.41) is 1.00. The molecule has 0 aliphatic carbocycles. The molecule has 0 bridgehead atoms. The first-order valence-corrected chi connectivity index (χ1v) is 13.6. The Hall–Kier alpha value is -3.65. The normalized spacial score (nSPS) is 14.6. The van der Waals surface area contributed by atoms with Crippen LogP contribution in [0.5, 0.6) is 5.75 Å². The van der Waals surface area contributed by atoms with Crippen molar-refractivity contribution in [3.63, 3.8) is 0 Å². The second-order valence-electron chi connectivity index (χ2n) is 10.9. The summed E-state index contributed by atoms with van der Waals surface area (Å²) in [5.74, 6) is 1.54. The standard InChI is InChI=1S/C30H38N6O2/c1-7-34(8-2)13-14-38-22-11-12-31-26(16-22)21-9-10-25-23(15-21)24(18-32-25)27-17-28(37)35-19-30(5,6)36(20(3)4)29(35)33-27/h9-12,15-18,20,32H,7-8,13-14,19H2,1-6H3. The van der Waals surface area contributed by atoms with Crippen molar-refractivity contribution in [1.29, 1.82) is 0 Å². The van der Waals surface area contributed by atoms with Gasteiger partial charge in [0, 0.05) is 59.1 Å². The molecule has 200 valence electrons. The molecular formula is C30H38N6O2. The zero-order valence-corrected chi connectivity index (χ0v) is 23.3. The number of nitrogens with one attached hydrogen (secondary N) is 1. The number of fused-ring (bicyclic) bond motifs is 2. The Kier molecular flexibility index (Phi) is 7.01. The minimum atomic E-state index is -0.177. The first kappa shape index (κ1) is 26.0. The zero-order chi connectivity index (χ0) is 27.0. The Bertz CT molecular complexity index is 1500. The van der Waals surface area contributed by atoms with E-state index in [4.69, 9.17) is 9.72 Å². The van der Waals surface area contributed by atoms with Crippen LogP contribution in [0.25, 0.3) is 33.4 Å². The third kappa shape index (κ3) is 4.80. The molecule has 0 unspecified atom stereocenters. The van der Waals surface area contributed by atoms with Crippen LogP contribution in [0.1, 0.15) is 41.5 Å². The van der Waals surface area contributed by atoms with Crippen molar-refractivity contribution in [2.75, 3.05) is 31.1 Å². The fourth-order valence-corrected chi connectivity index (χ4v) is 5.61. The van der Waals surface area contributed by atoms with Gasteiger partial charge in [-0.1, -0.05) is 19.9 Å². The fourth-order valence-electron chi connectivity index (χ4n) is 5.61. The number of benzene rings is 1. The third-order valence-electron chi connectivity index (χ3n) is 7.47. The van der Waals surface area contributed by atoms with Crippen LogP contribution < -0.4 is 15.2 Å². The molecule has 1 N–H and O–H groups in total. The van der Waals surface area contributed by atoms with Crippen LogP contribution in [0, 0.1) is 0 Å². The van der Waals surface area contributed by atoms with E-state index in [2.05, 4.69) is 73.4 Å². The monoisotopic (exact) mass is 514 g/mol. The highest BCUT2D eigenvalue weighted by Gasteiger charge is 2.39. The number of rotatable bonds is 9. The minimum Gasteiger partial charge on any atom is -0.492 e. The van der Waals surface area contributed by atoms with Crippen LogP contribution in [-0.2, 0) is 6.54 Å². The quantitative estimate of drug-likeness (QED) is 0.332. The Morgan fingerprint density at radius 3 is 2.63 bits per heavy atom. The van der Waals surface area contributed by atoms with Crippen molar-refractivity contribution >= 4 is 16.9 Å². The molecule has 1 aliphatic rings. The van der Waals surface area contributed by atoms with Crippen molar-refractivity contribution in [2.45, 2.75) is 59.7 Å². The largest absolute Gasteiger partial charge is 0.492 e. The molecular weight excluding hydrogens is 476 g/mol. The molecule has 0 fully saturated rings. The summed E-state index contributed by atoms with van der Waals surface area (Å²) in [4.78, 5) is 30.7. The molecule has 0 saturated carbocycles. The molecule has 0 amide bonds. The SMILES string of the molecule is CCN(CC)CCOc1ccnc(-c2ccc3[nH]cc(-c4cc(=O)n5c(n4)N(C(C)C)C(C)(C)C5)c3c2)c1. The molecule has 4 aromatic rings. The van der Waals surface area contributed by atoms with Crippen molar-refractivity contribution < 1.29 is 4.74 Å². The van der Waals surface area contributed by atoms with E-state index in [0.717, 1.165) is 59.1 Å². The predicted molar refractivity (Wildman–Crippen MR) is 154 cm³/mol. The molecule has 0 saturated heterocycles. The molecule has 1 aromatic carbocycles. The molecule has 0 radical (unpaired) electrons. The second kappa shape index (κ2) is 10.3. The van der Waals surface area contributed by atoms with Crippen LogP contribution in [-0.4, -0.2) is 62.2 Å². The molecule has 0 spiro atoms. The molecule has 1 aliphatic heterocycles. The lowest BCUT2D eigenvalue weighted by Gasteiger charge is -2.35. The highest BCUT2D eigenvalue weighted by atomic mass is 16.5. The van der Waals surface area contributed by atoms with E-state index in [1.807, 2.05) is 24.4 Å². The maximum Gasteiger partial charge on any atom is 0.255 e. The van der Waals surface area contributed by atoms with Gasteiger partial charge in [0.1, 0.15) is 12.4 Å². The number of aromatic amines is 1. The van der Waals surface area contributed by atoms with Crippen molar-refractivity contribution in [1.82, 2.24) is 24.4 Å². The predicted octanol–water partition coefficient (Wildman–Crippen LogP) is 5.18. The zero-order valence-electron chi connectivity index (χ0n) is 23.3. The van der Waals surface area contributed by atoms with Crippen LogP contribution >= 0.6 is 0 Å². The smallest absolute Gasteiger partial charge is 0.255 e. The van der Waals surface area contributed by atoms with Gasteiger partial charge in [0.2, 0.25) is 5.95 Å². The first-order chi connectivity index (χ1) is 18.2. The van der Waals surface area contributed by atoms with Gasteiger partial charge in [-0.15, -0.1) is 0 Å². The Balaban J connectivity index is 1.48. The molecule has 8 nitrogen and oxygen atoms in total. The lowest BCUT2D eigenvalue weighted by molar-refractivity contribution is 0.223. The summed E-state index contributed by atoms with van der Waals surface area (Å²) in [6.45, 7) is 17.1. The Morgan fingerprint density at radius 1 is 1.11 bits per heavy atom. The molecule has 3 aromatic heterocycles. The topological polar surface area (TPSA) is 79.3 Å². The lowest BCUT2D eigenvalue weighted by Crippen LogP contribution is -2.45. The molecule has 38 heavy (non-hydrogen) atoms. The highest BCUT2D eigenvalue weighted by Crippen LogP contribution is 2.36. The molecule has 5 rings (SSSR count). The van der Waals surface area contributed by atoms with Crippen molar-refractivity contribution in [3.05, 3.63) is 59.1 Å². The summed E-state index contributed by atoms with van der Waals surface area (Å²) < 4.78 is 7.82. The van der Waals surface area contributed by atoms with Gasteiger partial charge in [0.25, 0.3) is 5.56 Å². The summed E-state index contributed by atoms with van der Waals surface area (Å²) in [6.07, 6.45) is 3.73. The van der Waals surface area contributed by atoms with Gasteiger partial charge >= 0.3 is 0 Å². The van der Waals surface area contributed by atoms with E-state index in [1.165, 1.54) is 0 Å². The van der Waals surface area contributed by atoms with E-state index in [9.17, 15) is 4.79 Å². The summed E-state index contributed by atoms with van der Waals surface area (Å²) in [5.41, 5.74) is 4.19. The van der Waals surface area contributed by atoms with Gasteiger partial charge in [0.15, 0.2) is 0 Å². The van der Waals surface area contributed by atoms with Crippen LogP contribution in [0.4, 0.5) is 5.95 Å². The Morgan fingerprint density at radius 2 is 1.89 bits per heavy atom. The van der Waals surface area contributed by atoms with Gasteiger partial charge < -0.3 is 19.5 Å². The third-order valence-corrected chi connectivity index (χ3v) is 7.47. The highest BCUT2D eigenvalue weighted by molar-refractivity contribution is 5.97. The molecule has 4 heterocycles. The van der Waals surface area contributed by atoms with E-state index in [0.29, 0.717) is 18.8 Å². The molecule has 8 heteroatoms. The average molecular weight is 515 g/mol. The minimum absolute atomic E-state index is 0.0250. The Labute approximate surface area is 224 Å².